The number of rotatable bonds is 5. The third-order valence-electron chi connectivity index (χ3n) is 5.19. The van der Waals surface area contributed by atoms with Crippen LogP contribution in [0.1, 0.15) is 51.6 Å². The average Bonchev–Trinajstić information content (AvgIpc) is 3.37. The summed E-state index contributed by atoms with van der Waals surface area (Å²) in [6.07, 6.45) is 4.05. The maximum atomic E-state index is 13.0. The fraction of sp³-hybridized carbons (Fsp3) is 0.273. The Kier molecular flexibility index (Phi) is 4.16. The van der Waals surface area contributed by atoms with E-state index in [1.54, 1.807) is 6.07 Å². The van der Waals surface area contributed by atoms with Crippen LogP contribution in [-0.2, 0) is 6.54 Å². The number of carbonyl (C=O) groups excluding carboxylic acids is 1. The lowest BCUT2D eigenvalue weighted by atomic mass is 10.1. The van der Waals surface area contributed by atoms with Crippen LogP contribution in [0.5, 0.6) is 0 Å². The number of aromatic nitrogens is 4. The number of pyridine rings is 1. The number of amides is 1. The van der Waals surface area contributed by atoms with E-state index in [4.69, 9.17) is 4.52 Å². The summed E-state index contributed by atoms with van der Waals surface area (Å²) < 4.78 is 7.14. The summed E-state index contributed by atoms with van der Waals surface area (Å²) in [5.74, 6) is 0.686. The molecule has 1 aliphatic rings. The molecule has 146 valence electrons. The summed E-state index contributed by atoms with van der Waals surface area (Å²) in [6, 6.07) is 12.0. The predicted molar refractivity (Wildman–Crippen MR) is 109 cm³/mol. The highest BCUT2D eigenvalue weighted by Crippen LogP contribution is 2.40. The van der Waals surface area contributed by atoms with Gasteiger partial charge in [0.15, 0.2) is 5.82 Å². The average molecular weight is 387 g/mol. The molecule has 1 aromatic carbocycles. The largest absolute Gasteiger partial charge is 0.336 e. The Balaban J connectivity index is 1.39. The summed E-state index contributed by atoms with van der Waals surface area (Å²) >= 11 is 0. The molecule has 3 heterocycles. The van der Waals surface area contributed by atoms with Gasteiger partial charge in [-0.05, 0) is 38.3 Å². The number of hydrogen-bond acceptors (Lipinski definition) is 5. The lowest BCUT2D eigenvalue weighted by Gasteiger charge is -2.06. The Morgan fingerprint density at radius 1 is 1.24 bits per heavy atom. The molecule has 1 saturated carbocycles. The second-order valence-corrected chi connectivity index (χ2v) is 7.66. The number of aryl methyl sites for hydroxylation is 2. The Morgan fingerprint density at radius 2 is 2.10 bits per heavy atom. The van der Waals surface area contributed by atoms with Crippen LogP contribution in [0.15, 0.2) is 47.1 Å². The molecule has 0 aliphatic heterocycles. The van der Waals surface area contributed by atoms with Crippen molar-refractivity contribution >= 4 is 22.8 Å². The molecule has 0 bridgehead atoms. The highest BCUT2D eigenvalue weighted by molar-refractivity contribution is 6.12. The van der Waals surface area contributed by atoms with Gasteiger partial charge in [0, 0.05) is 23.9 Å². The molecule has 1 amide bonds. The molecule has 0 atom stereocenters. The van der Waals surface area contributed by atoms with Crippen LogP contribution in [0.3, 0.4) is 0 Å². The highest BCUT2D eigenvalue weighted by Gasteiger charge is 2.28. The van der Waals surface area contributed by atoms with E-state index in [0.29, 0.717) is 40.6 Å². The predicted octanol–water partition coefficient (Wildman–Crippen LogP) is 4.21. The Bertz CT molecular complexity index is 1220. The van der Waals surface area contributed by atoms with E-state index in [2.05, 4.69) is 45.7 Å². The van der Waals surface area contributed by atoms with Crippen molar-refractivity contribution in [3.63, 3.8) is 0 Å². The Morgan fingerprint density at radius 3 is 2.90 bits per heavy atom. The maximum Gasteiger partial charge on any atom is 0.259 e. The third-order valence-corrected chi connectivity index (χ3v) is 5.19. The topological polar surface area (TPSA) is 85.8 Å². The van der Waals surface area contributed by atoms with Crippen molar-refractivity contribution in [2.75, 3.05) is 5.32 Å². The van der Waals surface area contributed by atoms with Crippen molar-refractivity contribution in [3.05, 3.63) is 70.7 Å². The van der Waals surface area contributed by atoms with Crippen LogP contribution in [0.4, 0.5) is 5.82 Å². The van der Waals surface area contributed by atoms with E-state index < -0.39 is 0 Å². The zero-order valence-electron chi connectivity index (χ0n) is 16.3. The molecule has 0 saturated heterocycles. The van der Waals surface area contributed by atoms with Crippen molar-refractivity contribution in [1.29, 1.82) is 0 Å². The summed E-state index contributed by atoms with van der Waals surface area (Å²) in [6.45, 7) is 4.53. The fourth-order valence-corrected chi connectivity index (χ4v) is 3.58. The van der Waals surface area contributed by atoms with E-state index in [1.807, 2.05) is 29.9 Å². The molecule has 5 rings (SSSR count). The minimum Gasteiger partial charge on any atom is -0.336 e. The van der Waals surface area contributed by atoms with Crippen LogP contribution < -0.4 is 5.32 Å². The van der Waals surface area contributed by atoms with E-state index in [0.717, 1.165) is 24.1 Å². The van der Waals surface area contributed by atoms with Crippen LogP contribution in [0, 0.1) is 13.8 Å². The van der Waals surface area contributed by atoms with Crippen LogP contribution in [0.2, 0.25) is 0 Å². The summed E-state index contributed by atoms with van der Waals surface area (Å²) in [4.78, 5) is 17.6. The normalized spacial score (nSPS) is 13.7. The summed E-state index contributed by atoms with van der Waals surface area (Å²) in [5, 5.41) is 12.0. The minimum absolute atomic E-state index is 0.230. The van der Waals surface area contributed by atoms with Crippen LogP contribution in [-0.4, -0.2) is 25.8 Å². The number of anilines is 1. The standard InChI is InChI=1S/C22H21N5O2/c1-13-4-3-5-15(10-13)12-27-9-8-19(25-27)24-21(28)17-11-18(16-6-7-16)23-22-20(17)14(2)26-29-22/h3-5,8-11,16H,6-7,12H2,1-2H3,(H,24,25,28). The van der Waals surface area contributed by atoms with Gasteiger partial charge in [-0.15, -0.1) is 0 Å². The molecular weight excluding hydrogens is 366 g/mol. The van der Waals surface area contributed by atoms with Crippen molar-refractivity contribution in [1.82, 2.24) is 19.9 Å². The van der Waals surface area contributed by atoms with Gasteiger partial charge in [-0.25, -0.2) is 4.98 Å². The molecule has 0 unspecified atom stereocenters. The van der Waals surface area contributed by atoms with Gasteiger partial charge in [-0.1, -0.05) is 35.0 Å². The number of fused-ring (bicyclic) bond motifs is 1. The Hall–Kier alpha value is -3.48. The zero-order valence-corrected chi connectivity index (χ0v) is 16.3. The van der Waals surface area contributed by atoms with Gasteiger partial charge < -0.3 is 9.84 Å². The number of nitrogens with one attached hydrogen (secondary N) is 1. The van der Waals surface area contributed by atoms with Crippen molar-refractivity contribution < 1.29 is 9.32 Å². The lowest BCUT2D eigenvalue weighted by molar-refractivity contribution is 0.102. The molecule has 0 radical (unpaired) electrons. The van der Waals surface area contributed by atoms with Crippen molar-refractivity contribution in [3.8, 4) is 0 Å². The molecule has 7 heteroatoms. The molecule has 1 N–H and O–H groups in total. The molecule has 0 spiro atoms. The van der Waals surface area contributed by atoms with Gasteiger partial charge in [0.05, 0.1) is 23.2 Å². The first kappa shape index (κ1) is 17.6. The minimum atomic E-state index is -0.230. The third kappa shape index (κ3) is 3.51. The molecule has 29 heavy (non-hydrogen) atoms. The van der Waals surface area contributed by atoms with Crippen LogP contribution >= 0.6 is 0 Å². The number of hydrogen-bond donors (Lipinski definition) is 1. The van der Waals surface area contributed by atoms with E-state index >= 15 is 0 Å². The summed E-state index contributed by atoms with van der Waals surface area (Å²) in [7, 11) is 0. The summed E-state index contributed by atoms with van der Waals surface area (Å²) in [5.41, 5.74) is 4.87. The van der Waals surface area contributed by atoms with Gasteiger partial charge in [0.25, 0.3) is 11.6 Å². The quantitative estimate of drug-likeness (QED) is 0.554. The van der Waals surface area contributed by atoms with Crippen molar-refractivity contribution in [2.24, 2.45) is 0 Å². The molecule has 1 aliphatic carbocycles. The lowest BCUT2D eigenvalue weighted by Crippen LogP contribution is -2.14. The zero-order chi connectivity index (χ0) is 20.0. The van der Waals surface area contributed by atoms with Crippen molar-refractivity contribution in [2.45, 2.75) is 39.2 Å². The number of carbonyl (C=O) groups is 1. The van der Waals surface area contributed by atoms with Gasteiger partial charge >= 0.3 is 0 Å². The molecular formula is C22H21N5O2. The van der Waals surface area contributed by atoms with E-state index in [-0.39, 0.29) is 5.91 Å². The molecule has 3 aromatic heterocycles. The first-order valence-electron chi connectivity index (χ1n) is 9.74. The first-order chi connectivity index (χ1) is 14.1. The van der Waals surface area contributed by atoms with Crippen LogP contribution in [0.25, 0.3) is 11.1 Å². The van der Waals surface area contributed by atoms with Gasteiger partial charge in [-0.2, -0.15) is 5.10 Å². The molecule has 7 nitrogen and oxygen atoms in total. The van der Waals surface area contributed by atoms with Gasteiger partial charge in [-0.3, -0.25) is 9.48 Å². The first-order valence-corrected chi connectivity index (χ1v) is 9.74. The Labute approximate surface area is 167 Å². The smallest absolute Gasteiger partial charge is 0.259 e. The SMILES string of the molecule is Cc1cccc(Cn2ccc(NC(=O)c3cc(C4CC4)nc4onc(C)c34)n2)c1. The second-order valence-electron chi connectivity index (χ2n) is 7.66. The number of nitrogens with zero attached hydrogens (tertiary/aromatic N) is 4. The molecule has 1 fully saturated rings. The number of benzene rings is 1. The van der Waals surface area contributed by atoms with Gasteiger partial charge in [0.2, 0.25) is 0 Å². The maximum absolute atomic E-state index is 13.0. The van der Waals surface area contributed by atoms with E-state index in [1.165, 1.54) is 5.56 Å². The fourth-order valence-electron chi connectivity index (χ4n) is 3.58. The van der Waals surface area contributed by atoms with Gasteiger partial charge in [0.1, 0.15) is 0 Å². The highest BCUT2D eigenvalue weighted by atomic mass is 16.5. The monoisotopic (exact) mass is 387 g/mol. The van der Waals surface area contributed by atoms with E-state index in [9.17, 15) is 4.79 Å². The second kappa shape index (κ2) is 6.84. The molecule has 4 aromatic rings.